The van der Waals surface area contributed by atoms with E-state index < -0.39 is 0 Å². The third-order valence-corrected chi connectivity index (χ3v) is 2.95. The van der Waals surface area contributed by atoms with Crippen molar-refractivity contribution < 1.29 is 4.42 Å². The number of nitrogens with one attached hydrogen (secondary N) is 1. The zero-order valence-corrected chi connectivity index (χ0v) is 10.4. The third kappa shape index (κ3) is 2.77. The number of hydrogen-bond acceptors (Lipinski definition) is 2. The van der Waals surface area contributed by atoms with Crippen LogP contribution in [0.1, 0.15) is 31.9 Å². The van der Waals surface area contributed by atoms with Crippen molar-refractivity contribution in [2.75, 3.05) is 6.54 Å². The number of benzene rings is 1. The molecule has 0 aliphatic rings. The van der Waals surface area contributed by atoms with Gasteiger partial charge in [0.05, 0.1) is 6.26 Å². The van der Waals surface area contributed by atoms with Crippen LogP contribution in [0.2, 0.25) is 0 Å². The van der Waals surface area contributed by atoms with Crippen molar-refractivity contribution in [1.82, 2.24) is 5.32 Å². The first-order valence-corrected chi connectivity index (χ1v) is 6.22. The maximum atomic E-state index is 5.43. The van der Waals surface area contributed by atoms with Crippen LogP contribution in [0.5, 0.6) is 0 Å². The molecule has 0 saturated heterocycles. The molecule has 17 heavy (non-hydrogen) atoms. The van der Waals surface area contributed by atoms with Gasteiger partial charge >= 0.3 is 0 Å². The highest BCUT2D eigenvalue weighted by Gasteiger charge is 2.09. The lowest BCUT2D eigenvalue weighted by atomic mass is 10.0. The Morgan fingerprint density at radius 1 is 1.18 bits per heavy atom. The first-order chi connectivity index (χ1) is 8.35. The van der Waals surface area contributed by atoms with Gasteiger partial charge in [-0.1, -0.05) is 32.0 Å². The van der Waals surface area contributed by atoms with Crippen LogP contribution in [0, 0.1) is 0 Å². The summed E-state index contributed by atoms with van der Waals surface area (Å²) < 4.78 is 5.43. The summed E-state index contributed by atoms with van der Waals surface area (Å²) in [5, 5.41) is 3.49. The van der Waals surface area contributed by atoms with Crippen LogP contribution in [0.3, 0.4) is 0 Å². The molecule has 2 heteroatoms. The Balaban J connectivity index is 2.27. The summed E-state index contributed by atoms with van der Waals surface area (Å²) in [6, 6.07) is 12.9. The Morgan fingerprint density at radius 2 is 2.06 bits per heavy atom. The molecule has 1 unspecified atom stereocenters. The van der Waals surface area contributed by atoms with Gasteiger partial charge in [0.15, 0.2) is 0 Å². The van der Waals surface area contributed by atoms with Crippen LogP contribution in [-0.2, 0) is 0 Å². The van der Waals surface area contributed by atoms with E-state index in [-0.39, 0.29) is 0 Å². The molecule has 2 rings (SSSR count). The molecule has 0 radical (unpaired) electrons. The minimum absolute atomic E-state index is 0.426. The molecular weight excluding hydrogens is 210 g/mol. The second kappa shape index (κ2) is 5.69. The molecule has 1 N–H and O–H groups in total. The van der Waals surface area contributed by atoms with Gasteiger partial charge in [0.1, 0.15) is 5.76 Å². The summed E-state index contributed by atoms with van der Waals surface area (Å²) in [5.74, 6) is 0.929. The molecule has 1 aromatic heterocycles. The van der Waals surface area contributed by atoms with Crippen molar-refractivity contribution in [1.29, 1.82) is 0 Å². The number of rotatable bonds is 5. The van der Waals surface area contributed by atoms with Gasteiger partial charge < -0.3 is 9.73 Å². The standard InChI is InChI=1S/C15H19NO/c1-3-14(16-4-2)12-7-5-8-13(11-12)15-9-6-10-17-15/h5-11,14,16H,3-4H2,1-2H3. The van der Waals surface area contributed by atoms with E-state index in [0.29, 0.717) is 6.04 Å². The first kappa shape index (κ1) is 11.9. The highest BCUT2D eigenvalue weighted by atomic mass is 16.3. The third-order valence-electron chi connectivity index (χ3n) is 2.95. The molecule has 2 aromatic rings. The Bertz CT molecular complexity index is 448. The smallest absolute Gasteiger partial charge is 0.133 e. The van der Waals surface area contributed by atoms with E-state index in [4.69, 9.17) is 4.42 Å². The fraction of sp³-hybridized carbons (Fsp3) is 0.333. The van der Waals surface area contributed by atoms with Crippen LogP contribution in [0.25, 0.3) is 11.3 Å². The van der Waals surface area contributed by atoms with Crippen molar-refractivity contribution in [3.05, 3.63) is 48.2 Å². The summed E-state index contributed by atoms with van der Waals surface area (Å²) >= 11 is 0. The van der Waals surface area contributed by atoms with E-state index in [9.17, 15) is 0 Å². The lowest BCUT2D eigenvalue weighted by Crippen LogP contribution is -2.19. The maximum absolute atomic E-state index is 5.43. The second-order valence-electron chi connectivity index (χ2n) is 4.12. The monoisotopic (exact) mass is 229 g/mol. The van der Waals surface area contributed by atoms with E-state index >= 15 is 0 Å². The summed E-state index contributed by atoms with van der Waals surface area (Å²) in [7, 11) is 0. The molecule has 0 aliphatic heterocycles. The van der Waals surface area contributed by atoms with Gasteiger partial charge in [-0.05, 0) is 36.7 Å². The Labute approximate surface area is 103 Å². The first-order valence-electron chi connectivity index (χ1n) is 6.22. The Kier molecular flexibility index (Phi) is 3.99. The van der Waals surface area contributed by atoms with Gasteiger partial charge in [-0.3, -0.25) is 0 Å². The summed E-state index contributed by atoms with van der Waals surface area (Å²) in [6.45, 7) is 5.33. The highest BCUT2D eigenvalue weighted by Crippen LogP contribution is 2.24. The van der Waals surface area contributed by atoms with Crippen LogP contribution in [-0.4, -0.2) is 6.54 Å². The van der Waals surface area contributed by atoms with Crippen molar-refractivity contribution in [3.63, 3.8) is 0 Å². The normalized spacial score (nSPS) is 12.6. The summed E-state index contributed by atoms with van der Waals surface area (Å²) in [5.41, 5.74) is 2.46. The average molecular weight is 229 g/mol. The lowest BCUT2D eigenvalue weighted by molar-refractivity contribution is 0.537. The fourth-order valence-corrected chi connectivity index (χ4v) is 2.10. The zero-order valence-electron chi connectivity index (χ0n) is 10.4. The molecule has 0 amide bonds. The van der Waals surface area contributed by atoms with Gasteiger partial charge in [0.25, 0.3) is 0 Å². The van der Waals surface area contributed by atoms with Gasteiger partial charge in [0.2, 0.25) is 0 Å². The predicted octanol–water partition coefficient (Wildman–Crippen LogP) is 4.01. The van der Waals surface area contributed by atoms with Crippen molar-refractivity contribution in [2.45, 2.75) is 26.3 Å². The maximum Gasteiger partial charge on any atom is 0.133 e. The summed E-state index contributed by atoms with van der Waals surface area (Å²) in [4.78, 5) is 0. The van der Waals surface area contributed by atoms with Crippen molar-refractivity contribution in [3.8, 4) is 11.3 Å². The second-order valence-corrected chi connectivity index (χ2v) is 4.12. The van der Waals surface area contributed by atoms with Gasteiger partial charge in [-0.25, -0.2) is 0 Å². The quantitative estimate of drug-likeness (QED) is 0.838. The molecular formula is C15H19NO. The minimum Gasteiger partial charge on any atom is -0.464 e. The molecule has 0 bridgehead atoms. The van der Waals surface area contributed by atoms with E-state index in [1.165, 1.54) is 5.56 Å². The van der Waals surface area contributed by atoms with Crippen LogP contribution in [0.4, 0.5) is 0 Å². The molecule has 1 aromatic carbocycles. The molecule has 0 fully saturated rings. The fourth-order valence-electron chi connectivity index (χ4n) is 2.10. The molecule has 0 saturated carbocycles. The van der Waals surface area contributed by atoms with Crippen molar-refractivity contribution >= 4 is 0 Å². The predicted molar refractivity (Wildman–Crippen MR) is 70.9 cm³/mol. The Hall–Kier alpha value is -1.54. The van der Waals surface area contributed by atoms with E-state index in [2.05, 4.69) is 43.4 Å². The minimum atomic E-state index is 0.426. The van der Waals surface area contributed by atoms with E-state index in [1.54, 1.807) is 6.26 Å². The summed E-state index contributed by atoms with van der Waals surface area (Å²) in [6.07, 6.45) is 2.80. The molecule has 2 nitrogen and oxygen atoms in total. The molecule has 1 atom stereocenters. The molecule has 1 heterocycles. The Morgan fingerprint density at radius 3 is 2.71 bits per heavy atom. The lowest BCUT2D eigenvalue weighted by Gasteiger charge is -2.16. The number of hydrogen-bond donors (Lipinski definition) is 1. The average Bonchev–Trinajstić information content (AvgIpc) is 2.90. The van der Waals surface area contributed by atoms with Crippen LogP contribution < -0.4 is 5.32 Å². The highest BCUT2D eigenvalue weighted by molar-refractivity contribution is 5.58. The van der Waals surface area contributed by atoms with Crippen LogP contribution >= 0.6 is 0 Å². The van der Waals surface area contributed by atoms with Crippen LogP contribution in [0.15, 0.2) is 47.1 Å². The van der Waals surface area contributed by atoms with Gasteiger partial charge in [-0.15, -0.1) is 0 Å². The SMILES string of the molecule is CCNC(CC)c1cccc(-c2ccco2)c1. The van der Waals surface area contributed by atoms with Crippen molar-refractivity contribution in [2.24, 2.45) is 0 Å². The molecule has 0 aliphatic carbocycles. The van der Waals surface area contributed by atoms with E-state index in [0.717, 1.165) is 24.3 Å². The molecule has 0 spiro atoms. The zero-order chi connectivity index (χ0) is 12.1. The van der Waals surface area contributed by atoms with Gasteiger partial charge in [-0.2, -0.15) is 0 Å². The topological polar surface area (TPSA) is 25.2 Å². The van der Waals surface area contributed by atoms with Gasteiger partial charge in [0, 0.05) is 11.6 Å². The van der Waals surface area contributed by atoms with E-state index in [1.807, 2.05) is 12.1 Å². The molecule has 90 valence electrons. The number of furan rings is 1. The largest absolute Gasteiger partial charge is 0.464 e.